The van der Waals surface area contributed by atoms with Crippen molar-refractivity contribution in [1.82, 2.24) is 0 Å². The van der Waals surface area contributed by atoms with Crippen LogP contribution in [0.4, 0.5) is 0 Å². The van der Waals surface area contributed by atoms with Crippen LogP contribution in [0.15, 0.2) is 36.4 Å². The Morgan fingerprint density at radius 3 is 1.96 bits per heavy atom. The average molecular weight is 317 g/mol. The summed E-state index contributed by atoms with van der Waals surface area (Å²) in [5.74, 6) is -1.33. The molecule has 0 bridgehead atoms. The predicted molar refractivity (Wildman–Crippen MR) is 92.8 cm³/mol. The van der Waals surface area contributed by atoms with Crippen molar-refractivity contribution < 1.29 is 19.5 Å². The Morgan fingerprint density at radius 1 is 1.00 bits per heavy atom. The van der Waals surface area contributed by atoms with Crippen molar-refractivity contribution in [3.63, 3.8) is 0 Å². The highest BCUT2D eigenvalue weighted by molar-refractivity contribution is 5.97. The Hall–Kier alpha value is -2.07. The van der Waals surface area contributed by atoms with E-state index in [1.807, 2.05) is 0 Å². The molecule has 0 saturated carbocycles. The van der Waals surface area contributed by atoms with E-state index in [9.17, 15) is 9.90 Å². The van der Waals surface area contributed by atoms with Crippen molar-refractivity contribution in [2.45, 2.75) is 27.7 Å². The number of benzene rings is 2. The lowest BCUT2D eigenvalue weighted by Gasteiger charge is -2.34. The monoisotopic (exact) mass is 317 g/mol. The molecule has 0 aliphatic heterocycles. The molecule has 2 rings (SSSR count). The number of hydrogen-bond acceptors (Lipinski definition) is 2. The third-order valence-corrected chi connectivity index (χ3v) is 4.75. The highest BCUT2D eigenvalue weighted by atomic mass is 16.4. The molecule has 0 spiro atoms. The number of nitrogens with zero attached hydrogens (tertiary/aromatic N) is 1. The minimum Gasteiger partial charge on any atom is -0.872 e. The lowest BCUT2D eigenvalue weighted by atomic mass is 10.1. The number of aromatic carboxylic acids is 1. The minimum absolute atomic E-state index is 0.0358. The van der Waals surface area contributed by atoms with Crippen LogP contribution >= 0.6 is 0 Å². The predicted octanol–water partition coefficient (Wildman–Crippen LogP) is 3.49. The summed E-state index contributed by atoms with van der Waals surface area (Å²) in [6.07, 6.45) is 0. The van der Waals surface area contributed by atoms with Crippen LogP contribution in [0.2, 0.25) is 0 Å². The van der Waals surface area contributed by atoms with Crippen molar-refractivity contribution >= 4 is 16.7 Å². The zero-order valence-corrected chi connectivity index (χ0v) is 14.5. The average Bonchev–Trinajstić information content (AvgIpc) is 2.58. The van der Waals surface area contributed by atoms with Crippen molar-refractivity contribution in [2.75, 3.05) is 26.2 Å². The number of hydrogen-bond donors (Lipinski definition) is 1. The lowest BCUT2D eigenvalue weighted by Crippen LogP contribution is -2.47. The van der Waals surface area contributed by atoms with Crippen LogP contribution in [0.5, 0.6) is 5.75 Å². The topological polar surface area (TPSA) is 60.4 Å². The Balaban J connectivity index is 0.000000257. The van der Waals surface area contributed by atoms with E-state index >= 15 is 0 Å². The lowest BCUT2D eigenvalue weighted by molar-refractivity contribution is -0.921. The second-order valence-corrected chi connectivity index (χ2v) is 5.61. The standard InChI is InChI=1S/C11H8O3.C8H20N/c12-10-6-8(11(13)14)5-7-3-1-2-4-9(7)10;1-5-9(6-2,7-3)8-4/h1-6,12H,(H,13,14);5-8H2,1-4H3/q;+1/p-1. The molecule has 0 fully saturated rings. The summed E-state index contributed by atoms with van der Waals surface area (Å²) in [4.78, 5) is 10.7. The van der Waals surface area contributed by atoms with E-state index in [1.165, 1.54) is 36.7 Å². The molecule has 0 unspecified atom stereocenters. The molecule has 0 amide bonds. The van der Waals surface area contributed by atoms with E-state index in [2.05, 4.69) is 27.7 Å². The molecular weight excluding hydrogens is 290 g/mol. The van der Waals surface area contributed by atoms with Gasteiger partial charge in [0.25, 0.3) is 0 Å². The van der Waals surface area contributed by atoms with Gasteiger partial charge in [0.15, 0.2) is 0 Å². The second kappa shape index (κ2) is 8.53. The van der Waals surface area contributed by atoms with Gasteiger partial charge >= 0.3 is 5.97 Å². The summed E-state index contributed by atoms with van der Waals surface area (Å²) < 4.78 is 1.28. The summed E-state index contributed by atoms with van der Waals surface area (Å²) >= 11 is 0. The fourth-order valence-corrected chi connectivity index (χ4v) is 2.74. The fourth-order valence-electron chi connectivity index (χ4n) is 2.74. The molecule has 1 N–H and O–H groups in total. The van der Waals surface area contributed by atoms with Crippen molar-refractivity contribution in [1.29, 1.82) is 0 Å². The van der Waals surface area contributed by atoms with Crippen molar-refractivity contribution in [3.05, 3.63) is 42.0 Å². The van der Waals surface area contributed by atoms with Crippen molar-refractivity contribution in [2.24, 2.45) is 0 Å². The van der Waals surface area contributed by atoms with Gasteiger partial charge in [0.1, 0.15) is 0 Å². The molecular formula is C19H27NO3. The molecule has 2 aromatic carbocycles. The summed E-state index contributed by atoms with van der Waals surface area (Å²) in [5.41, 5.74) is 0.0358. The van der Waals surface area contributed by atoms with E-state index < -0.39 is 5.97 Å². The number of carbonyl (C=O) groups is 1. The van der Waals surface area contributed by atoms with Gasteiger partial charge in [-0.2, -0.15) is 0 Å². The molecule has 0 aromatic heterocycles. The first-order valence-electron chi connectivity index (χ1n) is 8.21. The molecule has 4 heteroatoms. The highest BCUT2D eigenvalue weighted by Crippen LogP contribution is 2.23. The first-order chi connectivity index (χ1) is 10.9. The van der Waals surface area contributed by atoms with Crippen molar-refractivity contribution in [3.8, 4) is 5.75 Å². The number of rotatable bonds is 5. The van der Waals surface area contributed by atoms with Crippen LogP contribution in [0.1, 0.15) is 38.1 Å². The third kappa shape index (κ3) is 4.70. The molecule has 0 saturated heterocycles. The molecule has 0 radical (unpaired) electrons. The number of carboxylic acids is 1. The maximum Gasteiger partial charge on any atom is 0.335 e. The largest absolute Gasteiger partial charge is 0.872 e. The maximum atomic E-state index is 11.4. The van der Waals surface area contributed by atoms with Gasteiger partial charge < -0.3 is 14.7 Å². The Morgan fingerprint density at radius 2 is 1.52 bits per heavy atom. The number of carboxylic acid groups (broad SMARTS) is 1. The fraction of sp³-hybridized carbons (Fsp3) is 0.421. The van der Waals surface area contributed by atoms with E-state index in [1.54, 1.807) is 24.3 Å². The summed E-state index contributed by atoms with van der Waals surface area (Å²) in [6, 6.07) is 9.58. The zero-order valence-electron chi connectivity index (χ0n) is 14.5. The van der Waals surface area contributed by atoms with Gasteiger partial charge in [0, 0.05) is 0 Å². The van der Waals surface area contributed by atoms with Gasteiger partial charge in [-0.3, -0.25) is 0 Å². The molecule has 0 atom stereocenters. The molecule has 4 nitrogen and oxygen atoms in total. The Kier molecular flexibility index (Phi) is 7.04. The summed E-state index contributed by atoms with van der Waals surface area (Å²) in [7, 11) is 0. The third-order valence-electron chi connectivity index (χ3n) is 4.75. The summed E-state index contributed by atoms with van der Waals surface area (Å²) in [5, 5.41) is 21.4. The number of quaternary nitrogens is 1. The Labute approximate surface area is 138 Å². The Bertz CT molecular complexity index is 631. The van der Waals surface area contributed by atoms with Crippen LogP contribution in [-0.2, 0) is 0 Å². The van der Waals surface area contributed by atoms with Crippen LogP contribution in [0.25, 0.3) is 10.8 Å². The maximum absolute atomic E-state index is 11.4. The smallest absolute Gasteiger partial charge is 0.335 e. The van der Waals surface area contributed by atoms with E-state index in [0.717, 1.165) is 6.07 Å². The summed E-state index contributed by atoms with van der Waals surface area (Å²) in [6.45, 7) is 14.2. The van der Waals surface area contributed by atoms with Crippen LogP contribution in [-0.4, -0.2) is 41.7 Å². The van der Waals surface area contributed by atoms with Gasteiger partial charge in [-0.25, -0.2) is 4.79 Å². The highest BCUT2D eigenvalue weighted by Gasteiger charge is 2.16. The SMILES string of the molecule is CC[N+](CC)(CC)CC.O=C(O)c1cc([O-])c2ccccc2c1. The van der Waals surface area contributed by atoms with Crippen LogP contribution in [0, 0.1) is 0 Å². The van der Waals surface area contributed by atoms with E-state index in [0.29, 0.717) is 10.8 Å². The molecule has 23 heavy (non-hydrogen) atoms. The zero-order chi connectivity index (χ0) is 17.5. The molecule has 0 aliphatic carbocycles. The van der Waals surface area contributed by atoms with Gasteiger partial charge in [0.2, 0.25) is 0 Å². The van der Waals surface area contributed by atoms with Gasteiger partial charge in [0.05, 0.1) is 31.7 Å². The molecule has 0 heterocycles. The van der Waals surface area contributed by atoms with E-state index in [4.69, 9.17) is 5.11 Å². The molecule has 126 valence electrons. The molecule has 2 aromatic rings. The first kappa shape index (κ1) is 19.0. The quantitative estimate of drug-likeness (QED) is 0.859. The van der Waals surface area contributed by atoms with E-state index in [-0.39, 0.29) is 11.3 Å². The number of fused-ring (bicyclic) bond motifs is 1. The first-order valence-corrected chi connectivity index (χ1v) is 8.21. The van der Waals surface area contributed by atoms with Gasteiger partial charge in [-0.15, -0.1) is 5.75 Å². The van der Waals surface area contributed by atoms with Crippen LogP contribution in [0.3, 0.4) is 0 Å². The normalized spacial score (nSPS) is 11.0. The molecule has 0 aliphatic rings. The van der Waals surface area contributed by atoms with Gasteiger partial charge in [-0.1, -0.05) is 30.3 Å². The van der Waals surface area contributed by atoms with Gasteiger partial charge in [-0.05, 0) is 44.5 Å². The second-order valence-electron chi connectivity index (χ2n) is 5.61. The van der Waals surface area contributed by atoms with Crippen LogP contribution < -0.4 is 5.11 Å². The minimum atomic E-state index is -1.08.